The minimum Gasteiger partial charge on any atom is -0.408 e. The van der Waals surface area contributed by atoms with Crippen LogP contribution in [0.5, 0.6) is 0 Å². The molecule has 2 atom stereocenters. The summed E-state index contributed by atoms with van der Waals surface area (Å²) in [6, 6.07) is 1.79. The Labute approximate surface area is 120 Å². The SMILES string of the molecule is Cc1nnc(N2C[C@@H](F)C[C@H]2CNC(=O)c2cc[nH]c2)o1. The summed E-state index contributed by atoms with van der Waals surface area (Å²) in [5.41, 5.74) is 0.546. The monoisotopic (exact) mass is 293 g/mol. The molecule has 0 spiro atoms. The topological polar surface area (TPSA) is 87.0 Å². The van der Waals surface area contributed by atoms with Gasteiger partial charge in [0.25, 0.3) is 5.91 Å². The molecule has 1 aliphatic heterocycles. The average Bonchev–Trinajstić information content (AvgIpc) is 3.16. The van der Waals surface area contributed by atoms with Crippen LogP contribution in [-0.4, -0.2) is 46.4 Å². The van der Waals surface area contributed by atoms with Gasteiger partial charge in [-0.2, -0.15) is 0 Å². The Kier molecular flexibility index (Phi) is 3.59. The summed E-state index contributed by atoms with van der Waals surface area (Å²) in [6.45, 7) is 2.21. The number of aromatic amines is 1. The van der Waals surface area contributed by atoms with E-state index in [0.717, 1.165) is 0 Å². The molecule has 0 aromatic carbocycles. The second-order valence-electron chi connectivity index (χ2n) is 5.05. The van der Waals surface area contributed by atoms with Gasteiger partial charge in [0.05, 0.1) is 18.2 Å². The maximum Gasteiger partial charge on any atom is 0.318 e. The molecule has 1 amide bonds. The van der Waals surface area contributed by atoms with Crippen LogP contribution < -0.4 is 10.2 Å². The molecule has 1 fully saturated rings. The molecule has 0 radical (unpaired) electrons. The highest BCUT2D eigenvalue weighted by Crippen LogP contribution is 2.25. The summed E-state index contributed by atoms with van der Waals surface area (Å²) in [5.74, 6) is 0.239. The van der Waals surface area contributed by atoms with Crippen LogP contribution in [0.25, 0.3) is 0 Å². The molecule has 8 heteroatoms. The number of hydrogen-bond acceptors (Lipinski definition) is 5. The fourth-order valence-corrected chi connectivity index (χ4v) is 2.47. The molecule has 21 heavy (non-hydrogen) atoms. The molecule has 2 N–H and O–H groups in total. The van der Waals surface area contributed by atoms with E-state index in [4.69, 9.17) is 4.42 Å². The van der Waals surface area contributed by atoms with Gasteiger partial charge in [0.1, 0.15) is 6.17 Å². The van der Waals surface area contributed by atoms with E-state index in [9.17, 15) is 9.18 Å². The zero-order valence-electron chi connectivity index (χ0n) is 11.5. The quantitative estimate of drug-likeness (QED) is 0.880. The zero-order chi connectivity index (χ0) is 14.8. The lowest BCUT2D eigenvalue weighted by atomic mass is 10.2. The van der Waals surface area contributed by atoms with Crippen LogP contribution in [0.1, 0.15) is 22.7 Å². The summed E-state index contributed by atoms with van der Waals surface area (Å²) >= 11 is 0. The molecule has 0 aliphatic carbocycles. The fraction of sp³-hybridized carbons (Fsp3) is 0.462. The van der Waals surface area contributed by atoms with E-state index in [1.807, 2.05) is 0 Å². The highest BCUT2D eigenvalue weighted by Gasteiger charge is 2.35. The minimum absolute atomic E-state index is 0.192. The molecule has 0 unspecified atom stereocenters. The highest BCUT2D eigenvalue weighted by molar-refractivity contribution is 5.93. The van der Waals surface area contributed by atoms with E-state index in [0.29, 0.717) is 30.4 Å². The van der Waals surface area contributed by atoms with E-state index in [2.05, 4.69) is 20.5 Å². The first-order valence-corrected chi connectivity index (χ1v) is 6.75. The maximum absolute atomic E-state index is 13.7. The van der Waals surface area contributed by atoms with Crippen LogP contribution in [0.2, 0.25) is 0 Å². The molecule has 0 saturated carbocycles. The first-order valence-electron chi connectivity index (χ1n) is 6.75. The third kappa shape index (κ3) is 2.88. The van der Waals surface area contributed by atoms with Gasteiger partial charge >= 0.3 is 6.01 Å². The number of nitrogens with one attached hydrogen (secondary N) is 2. The molecular weight excluding hydrogens is 277 g/mol. The first kappa shape index (κ1) is 13.6. The summed E-state index contributed by atoms with van der Waals surface area (Å²) in [5, 5.41) is 10.5. The first-order chi connectivity index (χ1) is 10.1. The van der Waals surface area contributed by atoms with Gasteiger partial charge in [0, 0.05) is 32.3 Å². The van der Waals surface area contributed by atoms with Crippen molar-refractivity contribution in [3.05, 3.63) is 29.9 Å². The smallest absolute Gasteiger partial charge is 0.318 e. The summed E-state index contributed by atoms with van der Waals surface area (Å²) in [7, 11) is 0. The Morgan fingerprint density at radius 3 is 3.14 bits per heavy atom. The van der Waals surface area contributed by atoms with Gasteiger partial charge in [0.15, 0.2) is 0 Å². The molecule has 3 rings (SSSR count). The molecule has 1 aliphatic rings. The van der Waals surface area contributed by atoms with Crippen molar-refractivity contribution >= 4 is 11.9 Å². The van der Waals surface area contributed by atoms with Crippen molar-refractivity contribution in [2.75, 3.05) is 18.0 Å². The van der Waals surface area contributed by atoms with Crippen molar-refractivity contribution in [3.63, 3.8) is 0 Å². The predicted molar refractivity (Wildman–Crippen MR) is 72.8 cm³/mol. The molecule has 0 bridgehead atoms. The minimum atomic E-state index is -0.966. The van der Waals surface area contributed by atoms with Gasteiger partial charge in [0.2, 0.25) is 5.89 Å². The summed E-state index contributed by atoms with van der Waals surface area (Å²) < 4.78 is 19.0. The number of amides is 1. The Morgan fingerprint density at radius 2 is 2.48 bits per heavy atom. The van der Waals surface area contributed by atoms with E-state index in [1.54, 1.807) is 30.3 Å². The molecule has 7 nitrogen and oxygen atoms in total. The summed E-state index contributed by atoms with van der Waals surface area (Å²) in [6.07, 6.45) is 2.65. The molecular formula is C13H16FN5O2. The Morgan fingerprint density at radius 1 is 1.62 bits per heavy atom. The van der Waals surface area contributed by atoms with Crippen LogP contribution in [0, 0.1) is 6.92 Å². The number of carbonyl (C=O) groups excluding carboxylic acids is 1. The second kappa shape index (κ2) is 5.55. The van der Waals surface area contributed by atoms with Crippen LogP contribution in [-0.2, 0) is 0 Å². The van der Waals surface area contributed by atoms with E-state index in [-0.39, 0.29) is 18.5 Å². The molecule has 1 saturated heterocycles. The largest absolute Gasteiger partial charge is 0.408 e. The molecule has 112 valence electrons. The van der Waals surface area contributed by atoms with Crippen molar-refractivity contribution in [2.24, 2.45) is 0 Å². The van der Waals surface area contributed by atoms with E-state index in [1.165, 1.54) is 0 Å². The van der Waals surface area contributed by atoms with Crippen LogP contribution in [0.15, 0.2) is 22.9 Å². The second-order valence-corrected chi connectivity index (χ2v) is 5.05. The molecule has 3 heterocycles. The van der Waals surface area contributed by atoms with Crippen molar-refractivity contribution in [1.82, 2.24) is 20.5 Å². The number of carbonyl (C=O) groups is 1. The standard InChI is InChI=1S/C13H16FN5O2/c1-8-17-18-13(21-8)19-7-10(14)4-11(19)6-16-12(20)9-2-3-15-5-9/h2-3,5,10-11,15H,4,6-7H2,1H3,(H,16,20)/t10-,11-/m0/s1. The maximum atomic E-state index is 13.7. The molecule has 2 aromatic heterocycles. The van der Waals surface area contributed by atoms with Crippen LogP contribution >= 0.6 is 0 Å². The van der Waals surface area contributed by atoms with Crippen LogP contribution in [0.3, 0.4) is 0 Å². The number of alkyl halides is 1. The number of H-pyrrole nitrogens is 1. The number of hydrogen-bond donors (Lipinski definition) is 2. The van der Waals surface area contributed by atoms with Gasteiger partial charge in [-0.1, -0.05) is 5.10 Å². The van der Waals surface area contributed by atoms with E-state index >= 15 is 0 Å². The predicted octanol–water partition coefficient (Wildman–Crippen LogP) is 1.05. The van der Waals surface area contributed by atoms with Gasteiger partial charge in [-0.05, 0) is 6.07 Å². The van der Waals surface area contributed by atoms with E-state index < -0.39 is 6.17 Å². The van der Waals surface area contributed by atoms with Gasteiger partial charge in [-0.15, -0.1) is 5.10 Å². The Hall–Kier alpha value is -2.38. The normalized spacial score (nSPS) is 21.7. The average molecular weight is 293 g/mol. The number of nitrogens with zero attached hydrogens (tertiary/aromatic N) is 3. The number of aromatic nitrogens is 3. The van der Waals surface area contributed by atoms with Gasteiger partial charge in [-0.3, -0.25) is 4.79 Å². The number of anilines is 1. The fourth-order valence-electron chi connectivity index (χ4n) is 2.47. The van der Waals surface area contributed by atoms with Gasteiger partial charge in [-0.25, -0.2) is 4.39 Å². The Bertz CT molecular complexity index is 612. The number of halogens is 1. The van der Waals surface area contributed by atoms with Crippen molar-refractivity contribution in [2.45, 2.75) is 25.6 Å². The van der Waals surface area contributed by atoms with Gasteiger partial charge < -0.3 is 19.6 Å². The number of rotatable bonds is 4. The zero-order valence-corrected chi connectivity index (χ0v) is 11.5. The molecule has 2 aromatic rings. The lowest BCUT2D eigenvalue weighted by Crippen LogP contribution is -2.40. The highest BCUT2D eigenvalue weighted by atomic mass is 19.1. The lowest BCUT2D eigenvalue weighted by molar-refractivity contribution is 0.0951. The van der Waals surface area contributed by atoms with Crippen molar-refractivity contribution in [3.8, 4) is 0 Å². The Balaban J connectivity index is 1.64. The number of aryl methyl sites for hydroxylation is 1. The van der Waals surface area contributed by atoms with Crippen LogP contribution in [0.4, 0.5) is 10.4 Å². The van der Waals surface area contributed by atoms with Crippen molar-refractivity contribution < 1.29 is 13.6 Å². The third-order valence-electron chi connectivity index (χ3n) is 3.48. The summed E-state index contributed by atoms with van der Waals surface area (Å²) in [4.78, 5) is 16.4. The third-order valence-corrected chi connectivity index (χ3v) is 3.48. The van der Waals surface area contributed by atoms with Crippen molar-refractivity contribution in [1.29, 1.82) is 0 Å². The lowest BCUT2D eigenvalue weighted by Gasteiger charge is -2.22.